The lowest BCUT2D eigenvalue weighted by molar-refractivity contribution is -0.124. The molecule has 0 spiro atoms. The molecule has 0 heterocycles. The van der Waals surface area contributed by atoms with Crippen LogP contribution in [0.3, 0.4) is 0 Å². The molecule has 1 aliphatic rings. The Morgan fingerprint density at radius 1 is 1.25 bits per heavy atom. The fourth-order valence-electron chi connectivity index (χ4n) is 3.82. The van der Waals surface area contributed by atoms with Crippen LogP contribution < -0.4 is 5.48 Å². The Morgan fingerprint density at radius 3 is 2.82 bits per heavy atom. The molecule has 6 heteroatoms. The SMILES string of the molecule is O=C(C=Cc1ccc2c(c1)CCC2N(CCO)CCc1ccccc1F)NO. The molecule has 148 valence electrons. The zero-order valence-electron chi connectivity index (χ0n) is 15.6. The Morgan fingerprint density at radius 2 is 2.07 bits per heavy atom. The summed E-state index contributed by atoms with van der Waals surface area (Å²) in [6.07, 6.45) is 5.38. The summed E-state index contributed by atoms with van der Waals surface area (Å²) in [4.78, 5) is 13.4. The predicted molar refractivity (Wildman–Crippen MR) is 105 cm³/mol. The normalized spacial score (nSPS) is 15.9. The van der Waals surface area contributed by atoms with Crippen molar-refractivity contribution in [1.82, 2.24) is 10.4 Å². The van der Waals surface area contributed by atoms with Crippen LogP contribution in [0.15, 0.2) is 48.5 Å². The number of halogens is 1. The van der Waals surface area contributed by atoms with Gasteiger partial charge < -0.3 is 5.11 Å². The molecule has 2 aromatic rings. The molecule has 0 fully saturated rings. The lowest BCUT2D eigenvalue weighted by Crippen LogP contribution is -2.32. The van der Waals surface area contributed by atoms with E-state index < -0.39 is 5.91 Å². The van der Waals surface area contributed by atoms with Crippen LogP contribution >= 0.6 is 0 Å². The van der Waals surface area contributed by atoms with E-state index in [1.165, 1.54) is 23.3 Å². The van der Waals surface area contributed by atoms with Crippen LogP contribution in [0, 0.1) is 5.82 Å². The number of aliphatic hydroxyl groups excluding tert-OH is 1. The number of amides is 1. The highest BCUT2D eigenvalue weighted by Crippen LogP contribution is 2.36. The summed E-state index contributed by atoms with van der Waals surface area (Å²) in [5.74, 6) is -0.762. The Labute approximate surface area is 164 Å². The van der Waals surface area contributed by atoms with Crippen molar-refractivity contribution in [3.05, 3.63) is 76.6 Å². The van der Waals surface area contributed by atoms with E-state index in [0.717, 1.165) is 18.4 Å². The minimum Gasteiger partial charge on any atom is -0.395 e. The zero-order valence-corrected chi connectivity index (χ0v) is 15.6. The smallest absolute Gasteiger partial charge is 0.267 e. The van der Waals surface area contributed by atoms with E-state index in [-0.39, 0.29) is 18.5 Å². The quantitative estimate of drug-likeness (QED) is 0.372. The molecular formula is C22H25FN2O3. The molecule has 0 aromatic heterocycles. The van der Waals surface area contributed by atoms with Gasteiger partial charge >= 0.3 is 0 Å². The average Bonchev–Trinajstić information content (AvgIpc) is 3.13. The lowest BCUT2D eigenvalue weighted by atomic mass is 10.0. The standard InChI is InChI=1S/C22H25FN2O3/c23-20-4-2-1-3-17(20)11-12-25(13-14-26)21-9-7-18-15-16(5-8-19(18)21)6-10-22(27)24-28/h1-6,8,10,15,21,26,28H,7,9,11-14H2,(H,24,27). The monoisotopic (exact) mass is 384 g/mol. The molecule has 3 rings (SSSR count). The third-order valence-electron chi connectivity index (χ3n) is 5.20. The van der Waals surface area contributed by atoms with Gasteiger partial charge in [0.05, 0.1) is 6.61 Å². The van der Waals surface area contributed by atoms with Crippen LogP contribution in [-0.4, -0.2) is 40.8 Å². The third-order valence-corrected chi connectivity index (χ3v) is 5.20. The molecule has 2 aromatic carbocycles. The van der Waals surface area contributed by atoms with E-state index in [0.29, 0.717) is 25.1 Å². The van der Waals surface area contributed by atoms with E-state index in [1.807, 2.05) is 18.2 Å². The van der Waals surface area contributed by atoms with Crippen molar-refractivity contribution in [2.75, 3.05) is 19.7 Å². The second-order valence-corrected chi connectivity index (χ2v) is 6.92. The predicted octanol–water partition coefficient (Wildman–Crippen LogP) is 2.87. The number of rotatable bonds is 8. The molecule has 28 heavy (non-hydrogen) atoms. The van der Waals surface area contributed by atoms with Crippen LogP contribution in [0.25, 0.3) is 6.08 Å². The van der Waals surface area contributed by atoms with Gasteiger partial charge in [0, 0.05) is 25.2 Å². The minimum absolute atomic E-state index is 0.0558. The van der Waals surface area contributed by atoms with E-state index in [1.54, 1.807) is 23.7 Å². The second-order valence-electron chi connectivity index (χ2n) is 6.92. The molecule has 5 nitrogen and oxygen atoms in total. The van der Waals surface area contributed by atoms with Gasteiger partial charge in [0.15, 0.2) is 0 Å². The average molecular weight is 384 g/mol. The van der Waals surface area contributed by atoms with E-state index >= 15 is 0 Å². The first kappa shape index (κ1) is 20.2. The molecule has 1 aliphatic carbocycles. The van der Waals surface area contributed by atoms with Gasteiger partial charge in [-0.15, -0.1) is 0 Å². The molecule has 1 unspecified atom stereocenters. The maximum atomic E-state index is 13.9. The molecule has 3 N–H and O–H groups in total. The van der Waals surface area contributed by atoms with Gasteiger partial charge in [-0.3, -0.25) is 14.9 Å². The third kappa shape index (κ3) is 4.84. The number of benzene rings is 2. The largest absolute Gasteiger partial charge is 0.395 e. The molecule has 0 bridgehead atoms. The molecule has 0 aliphatic heterocycles. The topological polar surface area (TPSA) is 72.8 Å². The first-order chi connectivity index (χ1) is 13.6. The summed E-state index contributed by atoms with van der Waals surface area (Å²) in [5, 5.41) is 18.1. The summed E-state index contributed by atoms with van der Waals surface area (Å²) in [7, 11) is 0. The molecule has 0 saturated carbocycles. The Kier molecular flexibility index (Phi) is 6.92. The maximum absolute atomic E-state index is 13.9. The van der Waals surface area contributed by atoms with Gasteiger partial charge in [0.2, 0.25) is 0 Å². The highest BCUT2D eigenvalue weighted by atomic mass is 19.1. The van der Waals surface area contributed by atoms with Crippen LogP contribution in [0.1, 0.15) is 34.7 Å². The van der Waals surface area contributed by atoms with Crippen molar-refractivity contribution in [3.8, 4) is 0 Å². The maximum Gasteiger partial charge on any atom is 0.267 e. The minimum atomic E-state index is -0.569. The van der Waals surface area contributed by atoms with Gasteiger partial charge in [-0.2, -0.15) is 0 Å². The number of aryl methyl sites for hydroxylation is 1. The summed E-state index contributed by atoms with van der Waals surface area (Å²) in [6, 6.07) is 13.0. The Bertz CT molecular complexity index is 853. The van der Waals surface area contributed by atoms with Crippen LogP contribution in [0.5, 0.6) is 0 Å². The number of nitrogens with zero attached hydrogens (tertiary/aromatic N) is 1. The van der Waals surface area contributed by atoms with Crippen LogP contribution in [0.2, 0.25) is 0 Å². The van der Waals surface area contributed by atoms with Gasteiger partial charge in [-0.25, -0.2) is 9.87 Å². The Balaban J connectivity index is 1.73. The number of hydrogen-bond acceptors (Lipinski definition) is 4. The van der Waals surface area contributed by atoms with Crippen molar-refractivity contribution in [2.24, 2.45) is 0 Å². The Hall–Kier alpha value is -2.54. The van der Waals surface area contributed by atoms with Crippen molar-refractivity contribution in [2.45, 2.75) is 25.3 Å². The first-order valence-corrected chi connectivity index (χ1v) is 9.45. The molecule has 1 atom stereocenters. The number of carbonyl (C=O) groups excluding carboxylic acids is 1. The fraction of sp³-hybridized carbons (Fsp3) is 0.318. The number of nitrogens with one attached hydrogen (secondary N) is 1. The zero-order chi connectivity index (χ0) is 19.9. The van der Waals surface area contributed by atoms with Crippen molar-refractivity contribution in [1.29, 1.82) is 0 Å². The van der Waals surface area contributed by atoms with Gasteiger partial charge in [-0.05, 0) is 53.7 Å². The number of fused-ring (bicyclic) bond motifs is 1. The highest BCUT2D eigenvalue weighted by Gasteiger charge is 2.27. The highest BCUT2D eigenvalue weighted by molar-refractivity contribution is 5.90. The van der Waals surface area contributed by atoms with Crippen molar-refractivity contribution >= 4 is 12.0 Å². The second kappa shape index (κ2) is 9.59. The van der Waals surface area contributed by atoms with Gasteiger partial charge in [-0.1, -0.05) is 36.4 Å². The van der Waals surface area contributed by atoms with E-state index in [2.05, 4.69) is 11.0 Å². The van der Waals surface area contributed by atoms with Crippen LogP contribution in [0.4, 0.5) is 4.39 Å². The summed E-state index contributed by atoms with van der Waals surface area (Å²) < 4.78 is 13.9. The molecular weight excluding hydrogens is 359 g/mol. The fourth-order valence-corrected chi connectivity index (χ4v) is 3.82. The van der Waals surface area contributed by atoms with Crippen LogP contribution in [-0.2, 0) is 17.6 Å². The van der Waals surface area contributed by atoms with Gasteiger partial charge in [0.25, 0.3) is 5.91 Å². The molecule has 1 amide bonds. The number of hydrogen-bond donors (Lipinski definition) is 3. The summed E-state index contributed by atoms with van der Waals surface area (Å²) >= 11 is 0. The van der Waals surface area contributed by atoms with Crippen molar-refractivity contribution < 1.29 is 19.5 Å². The van der Waals surface area contributed by atoms with E-state index in [9.17, 15) is 14.3 Å². The summed E-state index contributed by atoms with van der Waals surface area (Å²) in [6.45, 7) is 1.26. The number of carbonyl (C=O) groups is 1. The van der Waals surface area contributed by atoms with Crippen molar-refractivity contribution in [3.63, 3.8) is 0 Å². The number of hydroxylamine groups is 1. The molecule has 0 saturated heterocycles. The lowest BCUT2D eigenvalue weighted by Gasteiger charge is -2.29. The summed E-state index contributed by atoms with van der Waals surface area (Å²) in [5.41, 5.74) is 5.58. The number of aliphatic hydroxyl groups is 1. The van der Waals surface area contributed by atoms with Gasteiger partial charge in [0.1, 0.15) is 5.82 Å². The first-order valence-electron chi connectivity index (χ1n) is 9.45. The molecule has 0 radical (unpaired) electrons. The van der Waals surface area contributed by atoms with E-state index in [4.69, 9.17) is 5.21 Å².